The summed E-state index contributed by atoms with van der Waals surface area (Å²) in [4.78, 5) is 21.8. The molecule has 20 heavy (non-hydrogen) atoms. The number of carboxylic acid groups (broad SMARTS) is 2. The number of hydrogen-bond acceptors (Lipinski definition) is 5. The monoisotopic (exact) mass is 283 g/mol. The van der Waals surface area contributed by atoms with E-state index in [2.05, 4.69) is 0 Å². The molecule has 1 atom stereocenters. The Morgan fingerprint density at radius 1 is 1.25 bits per heavy atom. The molecule has 1 aromatic rings. The van der Waals surface area contributed by atoms with E-state index in [1.54, 1.807) is 6.07 Å². The number of aromatic carboxylic acids is 1. The van der Waals surface area contributed by atoms with Crippen molar-refractivity contribution in [3.05, 3.63) is 23.3 Å². The summed E-state index contributed by atoms with van der Waals surface area (Å²) in [6.07, 6.45) is 0.0990. The van der Waals surface area contributed by atoms with E-state index in [4.69, 9.17) is 20.3 Å². The Morgan fingerprint density at radius 3 is 2.35 bits per heavy atom. The topological polar surface area (TPSA) is 119 Å². The molecule has 0 spiro atoms. The van der Waals surface area contributed by atoms with Gasteiger partial charge in [-0.2, -0.15) is 0 Å². The molecule has 0 heterocycles. The molecule has 1 rings (SSSR count). The fourth-order valence-corrected chi connectivity index (χ4v) is 1.80. The number of carboxylic acids is 2. The molecule has 1 unspecified atom stereocenters. The van der Waals surface area contributed by atoms with E-state index < -0.39 is 18.0 Å². The fraction of sp³-hybridized carbons (Fsp3) is 0.385. The summed E-state index contributed by atoms with van der Waals surface area (Å²) < 4.78 is 10.1. The van der Waals surface area contributed by atoms with Crippen molar-refractivity contribution in [3.63, 3.8) is 0 Å². The highest BCUT2D eigenvalue weighted by Gasteiger charge is 2.20. The van der Waals surface area contributed by atoms with Crippen molar-refractivity contribution in [1.82, 2.24) is 0 Å². The van der Waals surface area contributed by atoms with Crippen molar-refractivity contribution in [1.29, 1.82) is 0 Å². The highest BCUT2D eigenvalue weighted by Crippen LogP contribution is 2.34. The van der Waals surface area contributed by atoms with Gasteiger partial charge in [0.15, 0.2) is 11.5 Å². The van der Waals surface area contributed by atoms with Gasteiger partial charge in [-0.15, -0.1) is 0 Å². The van der Waals surface area contributed by atoms with Gasteiger partial charge >= 0.3 is 11.9 Å². The number of rotatable bonds is 7. The standard InChI is InChI=1S/C13H17NO6/c1-19-10-6-7(9(14)3-4-11(15)16)5-8(13(17)18)12(10)20-2/h5-6,9H,3-4,14H2,1-2H3,(H,15,16)(H,17,18). The number of nitrogens with two attached hydrogens (primary N) is 1. The molecule has 4 N–H and O–H groups in total. The largest absolute Gasteiger partial charge is 0.493 e. The van der Waals surface area contributed by atoms with Gasteiger partial charge in [-0.1, -0.05) is 0 Å². The molecule has 0 aromatic heterocycles. The number of hydrogen-bond donors (Lipinski definition) is 3. The van der Waals surface area contributed by atoms with Crippen LogP contribution in [-0.4, -0.2) is 36.4 Å². The van der Waals surface area contributed by atoms with Crippen LogP contribution in [0.5, 0.6) is 11.5 Å². The summed E-state index contributed by atoms with van der Waals surface area (Å²) in [5, 5.41) is 17.8. The Kier molecular flexibility index (Phi) is 5.33. The zero-order valence-electron chi connectivity index (χ0n) is 11.3. The smallest absolute Gasteiger partial charge is 0.339 e. The molecule has 0 radical (unpaired) electrons. The Labute approximate surface area is 115 Å². The zero-order valence-corrected chi connectivity index (χ0v) is 11.3. The van der Waals surface area contributed by atoms with Crippen molar-refractivity contribution in [2.24, 2.45) is 5.73 Å². The van der Waals surface area contributed by atoms with Crippen LogP contribution >= 0.6 is 0 Å². The summed E-state index contributed by atoms with van der Waals surface area (Å²) >= 11 is 0. The molecule has 0 amide bonds. The second-order valence-electron chi connectivity index (χ2n) is 4.15. The van der Waals surface area contributed by atoms with E-state index in [1.807, 2.05) is 0 Å². The molecular weight excluding hydrogens is 266 g/mol. The molecule has 0 saturated heterocycles. The van der Waals surface area contributed by atoms with Gasteiger partial charge in [0.25, 0.3) is 0 Å². The first-order chi connectivity index (χ1) is 9.40. The Balaban J connectivity index is 3.18. The van der Waals surface area contributed by atoms with Gasteiger partial charge in [0.05, 0.1) is 14.2 Å². The van der Waals surface area contributed by atoms with Crippen LogP contribution in [0.25, 0.3) is 0 Å². The normalized spacial score (nSPS) is 11.8. The van der Waals surface area contributed by atoms with Crippen LogP contribution in [0.4, 0.5) is 0 Å². The predicted molar refractivity (Wildman–Crippen MR) is 70.3 cm³/mol. The van der Waals surface area contributed by atoms with Gasteiger partial charge in [0.2, 0.25) is 0 Å². The van der Waals surface area contributed by atoms with Crippen molar-refractivity contribution < 1.29 is 29.3 Å². The van der Waals surface area contributed by atoms with Gasteiger partial charge in [-0.25, -0.2) is 4.79 Å². The second kappa shape index (κ2) is 6.76. The molecule has 0 fully saturated rings. The Hall–Kier alpha value is -2.28. The predicted octanol–water partition coefficient (Wildman–Crippen LogP) is 1.27. The number of aliphatic carboxylic acids is 1. The summed E-state index contributed by atoms with van der Waals surface area (Å²) in [6, 6.07) is 2.33. The SMILES string of the molecule is COc1cc(C(N)CCC(=O)O)cc(C(=O)O)c1OC. The molecule has 7 heteroatoms. The minimum Gasteiger partial charge on any atom is -0.493 e. The Morgan fingerprint density at radius 2 is 1.90 bits per heavy atom. The van der Waals surface area contributed by atoms with E-state index >= 15 is 0 Å². The fourth-order valence-electron chi connectivity index (χ4n) is 1.80. The van der Waals surface area contributed by atoms with Gasteiger partial charge in [-0.05, 0) is 24.1 Å². The van der Waals surface area contributed by atoms with Crippen LogP contribution in [0.3, 0.4) is 0 Å². The lowest BCUT2D eigenvalue weighted by Crippen LogP contribution is -2.14. The van der Waals surface area contributed by atoms with Crippen molar-refractivity contribution in [2.45, 2.75) is 18.9 Å². The second-order valence-corrected chi connectivity index (χ2v) is 4.15. The molecule has 0 aliphatic carbocycles. The lowest BCUT2D eigenvalue weighted by molar-refractivity contribution is -0.137. The molecular formula is C13H17NO6. The average molecular weight is 283 g/mol. The van der Waals surface area contributed by atoms with Gasteiger partial charge in [0.1, 0.15) is 5.56 Å². The maximum absolute atomic E-state index is 11.2. The molecule has 0 saturated carbocycles. The van der Waals surface area contributed by atoms with Crippen LogP contribution in [0, 0.1) is 0 Å². The molecule has 1 aromatic carbocycles. The first kappa shape index (κ1) is 15.8. The summed E-state index contributed by atoms with van der Waals surface area (Å²) in [5.41, 5.74) is 6.29. The first-order valence-electron chi connectivity index (χ1n) is 5.87. The first-order valence-corrected chi connectivity index (χ1v) is 5.87. The number of benzene rings is 1. The quantitative estimate of drug-likeness (QED) is 0.689. The third kappa shape index (κ3) is 3.61. The summed E-state index contributed by atoms with van der Waals surface area (Å²) in [6.45, 7) is 0. The van der Waals surface area contributed by atoms with Crippen molar-refractivity contribution in [3.8, 4) is 11.5 Å². The van der Waals surface area contributed by atoms with E-state index in [1.165, 1.54) is 20.3 Å². The molecule has 0 bridgehead atoms. The minimum atomic E-state index is -1.17. The third-order valence-electron chi connectivity index (χ3n) is 2.83. The lowest BCUT2D eigenvalue weighted by Gasteiger charge is -2.16. The molecule has 0 aliphatic heterocycles. The molecule has 110 valence electrons. The van der Waals surface area contributed by atoms with E-state index in [0.29, 0.717) is 5.56 Å². The molecule has 7 nitrogen and oxygen atoms in total. The van der Waals surface area contributed by atoms with Crippen LogP contribution in [-0.2, 0) is 4.79 Å². The lowest BCUT2D eigenvalue weighted by atomic mass is 9.99. The maximum atomic E-state index is 11.2. The van der Waals surface area contributed by atoms with Crippen LogP contribution in [0.2, 0.25) is 0 Å². The number of carbonyl (C=O) groups is 2. The number of ether oxygens (including phenoxy) is 2. The van der Waals surface area contributed by atoms with Gasteiger partial charge in [0, 0.05) is 12.5 Å². The molecule has 0 aliphatic rings. The van der Waals surface area contributed by atoms with Gasteiger partial charge in [-0.3, -0.25) is 4.79 Å². The van der Waals surface area contributed by atoms with Gasteiger partial charge < -0.3 is 25.4 Å². The Bertz CT molecular complexity index is 514. The average Bonchev–Trinajstić information content (AvgIpc) is 2.42. The van der Waals surface area contributed by atoms with E-state index in [0.717, 1.165) is 0 Å². The van der Waals surface area contributed by atoms with Crippen molar-refractivity contribution in [2.75, 3.05) is 14.2 Å². The van der Waals surface area contributed by atoms with E-state index in [9.17, 15) is 14.7 Å². The van der Waals surface area contributed by atoms with Crippen molar-refractivity contribution >= 4 is 11.9 Å². The van der Waals surface area contributed by atoms with Crippen LogP contribution < -0.4 is 15.2 Å². The highest BCUT2D eigenvalue weighted by molar-refractivity contribution is 5.92. The number of methoxy groups -OCH3 is 2. The minimum absolute atomic E-state index is 0.0763. The zero-order chi connectivity index (χ0) is 15.3. The third-order valence-corrected chi connectivity index (χ3v) is 2.83. The van der Waals surface area contributed by atoms with E-state index in [-0.39, 0.29) is 29.9 Å². The van der Waals surface area contributed by atoms with Crippen LogP contribution in [0.15, 0.2) is 12.1 Å². The summed E-state index contributed by atoms with van der Waals surface area (Å²) in [5.74, 6) is -1.78. The maximum Gasteiger partial charge on any atom is 0.339 e. The van der Waals surface area contributed by atoms with Crippen LogP contribution in [0.1, 0.15) is 34.8 Å². The highest BCUT2D eigenvalue weighted by atomic mass is 16.5. The summed E-state index contributed by atoms with van der Waals surface area (Å²) in [7, 11) is 2.73.